The first-order chi connectivity index (χ1) is 10.1. The monoisotopic (exact) mass is 313 g/mol. The first-order valence-electron chi connectivity index (χ1n) is 6.87. The maximum Gasteiger partial charge on any atom is 0.343 e. The Bertz CT molecular complexity index is 531. The number of thiol groups is 1. The average molecular weight is 313 g/mol. The summed E-state index contributed by atoms with van der Waals surface area (Å²) < 4.78 is 6.46. The Hall–Kier alpha value is -1.54. The Morgan fingerprint density at radius 1 is 1.62 bits per heavy atom. The number of aromatic nitrogens is 2. The largest absolute Gasteiger partial charge is 0.462 e. The van der Waals surface area contributed by atoms with Gasteiger partial charge in [-0.05, 0) is 18.6 Å². The predicted octanol–water partition coefficient (Wildman–Crippen LogP) is 0.335. The fourth-order valence-electron chi connectivity index (χ4n) is 2.38. The Balaban J connectivity index is 2.37. The third kappa shape index (κ3) is 3.21. The van der Waals surface area contributed by atoms with E-state index >= 15 is 0 Å². The summed E-state index contributed by atoms with van der Waals surface area (Å²) >= 11 is 4.23. The van der Waals surface area contributed by atoms with Crippen LogP contribution in [0.3, 0.4) is 0 Å². The molecule has 0 spiro atoms. The van der Waals surface area contributed by atoms with Gasteiger partial charge in [-0.2, -0.15) is 17.7 Å². The number of hydrogen-bond acceptors (Lipinski definition) is 6. The third-order valence-electron chi connectivity index (χ3n) is 3.34. The van der Waals surface area contributed by atoms with Crippen molar-refractivity contribution in [2.75, 3.05) is 30.4 Å². The van der Waals surface area contributed by atoms with E-state index in [0.717, 1.165) is 0 Å². The van der Waals surface area contributed by atoms with E-state index in [1.54, 1.807) is 6.92 Å². The minimum atomic E-state index is -0.515. The molecule has 0 radical (unpaired) electrons. The van der Waals surface area contributed by atoms with Crippen molar-refractivity contribution in [1.29, 1.82) is 0 Å². The van der Waals surface area contributed by atoms with E-state index in [-0.39, 0.29) is 37.1 Å². The highest BCUT2D eigenvalue weighted by Gasteiger charge is 2.35. The minimum absolute atomic E-state index is 0.0701. The van der Waals surface area contributed by atoms with Gasteiger partial charge in [0, 0.05) is 13.0 Å². The van der Waals surface area contributed by atoms with Gasteiger partial charge >= 0.3 is 5.97 Å². The van der Waals surface area contributed by atoms with Crippen molar-refractivity contribution >= 4 is 30.3 Å². The molecular weight excluding hydrogens is 294 g/mol. The summed E-state index contributed by atoms with van der Waals surface area (Å²) in [7, 11) is 0. The van der Waals surface area contributed by atoms with Crippen molar-refractivity contribution in [1.82, 2.24) is 9.78 Å². The molecule has 21 heavy (non-hydrogen) atoms. The van der Waals surface area contributed by atoms with Crippen LogP contribution in [-0.4, -0.2) is 52.3 Å². The van der Waals surface area contributed by atoms with Crippen LogP contribution < -0.4 is 4.90 Å². The molecule has 116 valence electrons. The number of carbonyl (C=O) groups excluding carboxylic acids is 2. The van der Waals surface area contributed by atoms with Gasteiger partial charge in [-0.15, -0.1) is 0 Å². The summed E-state index contributed by atoms with van der Waals surface area (Å²) in [5.74, 6) is 0.564. The van der Waals surface area contributed by atoms with Gasteiger partial charge in [0.15, 0.2) is 0 Å². The van der Waals surface area contributed by atoms with E-state index in [4.69, 9.17) is 9.84 Å². The molecule has 2 heterocycles. The van der Waals surface area contributed by atoms with E-state index < -0.39 is 5.97 Å². The second-order valence-electron chi connectivity index (χ2n) is 4.81. The minimum Gasteiger partial charge on any atom is -0.462 e. The fourth-order valence-corrected chi connectivity index (χ4v) is 2.63. The predicted molar refractivity (Wildman–Crippen MR) is 79.6 cm³/mol. The lowest BCUT2D eigenvalue weighted by Crippen LogP contribution is -2.29. The van der Waals surface area contributed by atoms with Crippen LogP contribution in [0.5, 0.6) is 0 Å². The van der Waals surface area contributed by atoms with Gasteiger partial charge in [0.2, 0.25) is 5.91 Å². The van der Waals surface area contributed by atoms with Crippen LogP contribution in [0.15, 0.2) is 6.20 Å². The molecular formula is C13H19N3O4S. The molecule has 0 saturated carbocycles. The number of ether oxygens (including phenoxy) is 1. The molecule has 0 aliphatic carbocycles. The molecule has 1 atom stereocenters. The van der Waals surface area contributed by atoms with Gasteiger partial charge in [0.1, 0.15) is 11.4 Å². The Labute approximate surface area is 128 Å². The summed E-state index contributed by atoms with van der Waals surface area (Å²) in [6, 6.07) is 0. The van der Waals surface area contributed by atoms with Crippen LogP contribution in [0.25, 0.3) is 0 Å². The number of anilines is 1. The molecule has 2 rings (SSSR count). The maximum atomic E-state index is 12.2. The summed E-state index contributed by atoms with van der Waals surface area (Å²) in [5.41, 5.74) is 0.249. The molecule has 1 N–H and O–H groups in total. The van der Waals surface area contributed by atoms with Crippen LogP contribution in [-0.2, 0) is 16.1 Å². The highest BCUT2D eigenvalue weighted by Crippen LogP contribution is 2.29. The first-order valence-corrected chi connectivity index (χ1v) is 7.50. The number of nitrogens with zero attached hydrogens (tertiary/aromatic N) is 3. The second-order valence-corrected chi connectivity index (χ2v) is 5.17. The fraction of sp³-hybridized carbons (Fsp3) is 0.615. The van der Waals surface area contributed by atoms with Crippen LogP contribution in [0.4, 0.5) is 5.82 Å². The van der Waals surface area contributed by atoms with Crippen molar-refractivity contribution in [3.63, 3.8) is 0 Å². The topological polar surface area (TPSA) is 84.7 Å². The van der Waals surface area contributed by atoms with E-state index in [0.29, 0.717) is 24.5 Å². The highest BCUT2D eigenvalue weighted by molar-refractivity contribution is 7.80. The first kappa shape index (κ1) is 15.8. The van der Waals surface area contributed by atoms with Gasteiger partial charge in [-0.1, -0.05) is 0 Å². The molecule has 7 nitrogen and oxygen atoms in total. The molecule has 0 bridgehead atoms. The smallest absolute Gasteiger partial charge is 0.343 e. The normalized spacial score (nSPS) is 18.3. The summed E-state index contributed by atoms with van der Waals surface area (Å²) in [6.45, 7) is 2.54. The molecule has 1 aliphatic heterocycles. The molecule has 0 aromatic carbocycles. The number of rotatable bonds is 6. The quantitative estimate of drug-likeness (QED) is 0.584. The number of esters is 1. The number of amides is 1. The van der Waals surface area contributed by atoms with Crippen LogP contribution in [0, 0.1) is 5.92 Å². The van der Waals surface area contributed by atoms with E-state index in [2.05, 4.69) is 17.7 Å². The van der Waals surface area contributed by atoms with Crippen molar-refractivity contribution in [2.24, 2.45) is 5.92 Å². The Kier molecular flexibility index (Phi) is 5.24. The molecule has 8 heteroatoms. The van der Waals surface area contributed by atoms with E-state index in [1.165, 1.54) is 15.8 Å². The van der Waals surface area contributed by atoms with Gasteiger partial charge in [0.25, 0.3) is 0 Å². The average Bonchev–Trinajstić information content (AvgIpc) is 3.03. The van der Waals surface area contributed by atoms with E-state index in [1.807, 2.05) is 0 Å². The van der Waals surface area contributed by atoms with Crippen molar-refractivity contribution < 1.29 is 19.4 Å². The molecule has 1 amide bonds. The van der Waals surface area contributed by atoms with Gasteiger partial charge < -0.3 is 9.84 Å². The van der Waals surface area contributed by atoms with Crippen molar-refractivity contribution in [2.45, 2.75) is 19.9 Å². The van der Waals surface area contributed by atoms with Gasteiger partial charge in [-0.25, -0.2) is 9.48 Å². The summed E-state index contributed by atoms with van der Waals surface area (Å²) in [6.07, 6.45) is 1.78. The van der Waals surface area contributed by atoms with Crippen molar-refractivity contribution in [3.05, 3.63) is 11.8 Å². The zero-order chi connectivity index (χ0) is 15.4. The molecule has 1 saturated heterocycles. The molecule has 1 fully saturated rings. The number of aliphatic hydroxyl groups excluding tert-OH is 1. The van der Waals surface area contributed by atoms with Gasteiger partial charge in [-0.3, -0.25) is 9.69 Å². The second kappa shape index (κ2) is 6.95. The van der Waals surface area contributed by atoms with Gasteiger partial charge in [0.05, 0.1) is 26.0 Å². The van der Waals surface area contributed by atoms with Crippen molar-refractivity contribution in [3.8, 4) is 0 Å². The molecule has 1 unspecified atom stereocenters. The van der Waals surface area contributed by atoms with Crippen LogP contribution in [0.1, 0.15) is 23.7 Å². The van der Waals surface area contributed by atoms with E-state index in [9.17, 15) is 9.59 Å². The number of carbonyl (C=O) groups is 2. The SMILES string of the molecule is CCOC(=O)c1cnn(CCO)c1N1CC(CS)CC1=O. The highest BCUT2D eigenvalue weighted by atomic mass is 32.1. The zero-order valence-electron chi connectivity index (χ0n) is 11.9. The lowest BCUT2D eigenvalue weighted by atomic mass is 10.1. The lowest BCUT2D eigenvalue weighted by Gasteiger charge is -2.19. The number of hydrogen-bond donors (Lipinski definition) is 2. The zero-order valence-corrected chi connectivity index (χ0v) is 12.8. The maximum absolute atomic E-state index is 12.2. The third-order valence-corrected chi connectivity index (χ3v) is 3.85. The lowest BCUT2D eigenvalue weighted by molar-refractivity contribution is -0.117. The molecule has 1 aromatic heterocycles. The molecule has 1 aliphatic rings. The number of aliphatic hydroxyl groups is 1. The Morgan fingerprint density at radius 2 is 2.38 bits per heavy atom. The summed E-state index contributed by atoms with van der Waals surface area (Å²) in [4.78, 5) is 25.7. The van der Waals surface area contributed by atoms with Crippen LogP contribution >= 0.6 is 12.6 Å². The molecule has 1 aromatic rings. The standard InChI is InChI=1S/C13H19N3O4S/c1-2-20-13(19)10-6-14-16(3-4-17)12(10)15-7-9(8-21)5-11(15)18/h6,9,17,21H,2-5,7-8H2,1H3. The Morgan fingerprint density at radius 3 is 2.95 bits per heavy atom. The summed E-state index contributed by atoms with van der Waals surface area (Å²) in [5, 5.41) is 13.2. The van der Waals surface area contributed by atoms with Crippen LogP contribution in [0.2, 0.25) is 0 Å².